The Morgan fingerprint density at radius 3 is 2.62 bits per heavy atom. The van der Waals surface area contributed by atoms with Gasteiger partial charge in [0.05, 0.1) is 11.2 Å². The van der Waals surface area contributed by atoms with E-state index in [4.69, 9.17) is 9.47 Å². The Hall–Kier alpha value is -3.88. The maximum atomic E-state index is 9.24. The Labute approximate surface area is 190 Å². The Bertz CT molecular complexity index is 1470. The fraction of sp³-hybridized carbons (Fsp3) is 0.111. The average Bonchev–Trinajstić information content (AvgIpc) is 3.16. The third-order valence-corrected chi connectivity index (χ3v) is 6.53. The number of pyridine rings is 1. The first kappa shape index (κ1) is 20.0. The van der Waals surface area contributed by atoms with E-state index in [1.807, 2.05) is 73.7 Å². The molecule has 2 aromatic heterocycles. The van der Waals surface area contributed by atoms with Crippen LogP contribution in [-0.4, -0.2) is 4.98 Å². The summed E-state index contributed by atoms with van der Waals surface area (Å²) in [7, 11) is 0. The maximum Gasteiger partial charge on any atom is 0.130 e. The van der Waals surface area contributed by atoms with Gasteiger partial charge in [0.2, 0.25) is 0 Å². The molecule has 0 bridgehead atoms. The SMILES string of the molecule is Cc1c(C#N)sc2ccc(OCc3cccc(OCc4ccc5ccccc5n4)c3)cc12. The zero-order valence-corrected chi connectivity index (χ0v) is 18.4. The monoisotopic (exact) mass is 436 g/mol. The van der Waals surface area contributed by atoms with Crippen LogP contribution in [0.15, 0.2) is 78.9 Å². The van der Waals surface area contributed by atoms with Gasteiger partial charge in [-0.15, -0.1) is 11.3 Å². The van der Waals surface area contributed by atoms with Crippen LogP contribution in [0, 0.1) is 18.3 Å². The first-order valence-corrected chi connectivity index (χ1v) is 11.1. The molecule has 2 heterocycles. The number of hydrogen-bond donors (Lipinski definition) is 0. The number of nitriles is 1. The number of para-hydroxylation sites is 1. The summed E-state index contributed by atoms with van der Waals surface area (Å²) in [5.41, 5.74) is 3.89. The molecule has 0 N–H and O–H groups in total. The number of ether oxygens (including phenoxy) is 2. The predicted octanol–water partition coefficient (Wildman–Crippen LogP) is 6.79. The lowest BCUT2D eigenvalue weighted by Crippen LogP contribution is -2.00. The third kappa shape index (κ3) is 4.14. The molecular formula is C27H20N2O2S. The number of hydrogen-bond acceptors (Lipinski definition) is 5. The van der Waals surface area contributed by atoms with Gasteiger partial charge in [-0.2, -0.15) is 5.26 Å². The molecule has 0 unspecified atom stereocenters. The second-order valence-electron chi connectivity index (χ2n) is 7.55. The third-order valence-electron chi connectivity index (χ3n) is 5.36. The van der Waals surface area contributed by atoms with Gasteiger partial charge in [0.15, 0.2) is 0 Å². The van der Waals surface area contributed by atoms with E-state index in [9.17, 15) is 5.26 Å². The van der Waals surface area contributed by atoms with Crippen molar-refractivity contribution in [1.82, 2.24) is 4.98 Å². The molecule has 32 heavy (non-hydrogen) atoms. The zero-order chi connectivity index (χ0) is 21.9. The molecule has 0 aliphatic rings. The normalized spacial score (nSPS) is 10.9. The van der Waals surface area contributed by atoms with Crippen molar-refractivity contribution < 1.29 is 9.47 Å². The van der Waals surface area contributed by atoms with Crippen molar-refractivity contribution in [3.05, 3.63) is 101 Å². The summed E-state index contributed by atoms with van der Waals surface area (Å²) in [5, 5.41) is 11.4. The molecule has 5 heteroatoms. The highest BCUT2D eigenvalue weighted by atomic mass is 32.1. The van der Waals surface area contributed by atoms with Crippen molar-refractivity contribution in [3.63, 3.8) is 0 Å². The molecule has 0 spiro atoms. The Balaban J connectivity index is 1.25. The largest absolute Gasteiger partial charge is 0.489 e. The number of fused-ring (bicyclic) bond motifs is 2. The lowest BCUT2D eigenvalue weighted by atomic mass is 10.1. The molecule has 5 aromatic rings. The van der Waals surface area contributed by atoms with Crippen molar-refractivity contribution in [3.8, 4) is 17.6 Å². The van der Waals surface area contributed by atoms with Gasteiger partial charge in [-0.1, -0.05) is 36.4 Å². The first-order valence-electron chi connectivity index (χ1n) is 10.3. The number of thiophene rings is 1. The molecule has 0 atom stereocenters. The van der Waals surface area contributed by atoms with Crippen LogP contribution >= 0.6 is 11.3 Å². The molecule has 0 fully saturated rings. The minimum absolute atomic E-state index is 0.407. The van der Waals surface area contributed by atoms with E-state index in [1.54, 1.807) is 0 Å². The summed E-state index contributed by atoms with van der Waals surface area (Å²) >= 11 is 1.51. The lowest BCUT2D eigenvalue weighted by molar-refractivity contribution is 0.293. The maximum absolute atomic E-state index is 9.24. The summed E-state index contributed by atoms with van der Waals surface area (Å²) in [6.45, 7) is 2.82. The fourth-order valence-corrected chi connectivity index (χ4v) is 4.62. The van der Waals surface area contributed by atoms with Crippen LogP contribution in [0.3, 0.4) is 0 Å². The minimum Gasteiger partial charge on any atom is -0.489 e. The van der Waals surface area contributed by atoms with E-state index in [2.05, 4.69) is 23.2 Å². The van der Waals surface area contributed by atoms with Gasteiger partial charge in [0, 0.05) is 15.5 Å². The molecule has 0 saturated heterocycles. The van der Waals surface area contributed by atoms with Crippen molar-refractivity contribution >= 4 is 32.3 Å². The standard InChI is InChI=1S/C27H20N2O2S/c1-18-24-14-23(11-12-26(24)32-27(18)15-28)30-16-19-5-4-7-22(13-19)31-17-21-10-9-20-6-2-3-8-25(20)29-21/h2-14H,16-17H2,1H3. The highest BCUT2D eigenvalue weighted by molar-refractivity contribution is 7.19. The van der Waals surface area contributed by atoms with E-state index in [1.165, 1.54) is 11.3 Å². The van der Waals surface area contributed by atoms with Crippen molar-refractivity contribution in [2.75, 3.05) is 0 Å². The van der Waals surface area contributed by atoms with E-state index in [0.717, 1.165) is 54.2 Å². The van der Waals surface area contributed by atoms with Crippen LogP contribution in [-0.2, 0) is 13.2 Å². The second kappa shape index (κ2) is 8.70. The molecule has 156 valence electrons. The van der Waals surface area contributed by atoms with Crippen molar-refractivity contribution in [2.45, 2.75) is 20.1 Å². The Kier molecular flexibility index (Phi) is 5.45. The summed E-state index contributed by atoms with van der Waals surface area (Å²) in [4.78, 5) is 5.41. The number of benzene rings is 3. The molecule has 0 radical (unpaired) electrons. The molecule has 0 saturated carbocycles. The number of aryl methyl sites for hydroxylation is 1. The number of aromatic nitrogens is 1. The predicted molar refractivity (Wildman–Crippen MR) is 128 cm³/mol. The van der Waals surface area contributed by atoms with Gasteiger partial charge in [0.25, 0.3) is 0 Å². The molecule has 0 amide bonds. The average molecular weight is 437 g/mol. The zero-order valence-electron chi connectivity index (χ0n) is 17.5. The highest BCUT2D eigenvalue weighted by Gasteiger charge is 2.09. The van der Waals surface area contributed by atoms with E-state index in [-0.39, 0.29) is 0 Å². The molecule has 0 aliphatic carbocycles. The summed E-state index contributed by atoms with van der Waals surface area (Å²) in [6.07, 6.45) is 0. The molecule has 4 nitrogen and oxygen atoms in total. The summed E-state index contributed by atoms with van der Waals surface area (Å²) < 4.78 is 13.1. The smallest absolute Gasteiger partial charge is 0.130 e. The van der Waals surface area contributed by atoms with Crippen LogP contribution < -0.4 is 9.47 Å². The van der Waals surface area contributed by atoms with E-state index in [0.29, 0.717) is 13.2 Å². The molecule has 3 aromatic carbocycles. The molecule has 5 rings (SSSR count). The van der Waals surface area contributed by atoms with Crippen molar-refractivity contribution in [1.29, 1.82) is 5.26 Å². The van der Waals surface area contributed by atoms with Gasteiger partial charge in [-0.25, -0.2) is 4.98 Å². The highest BCUT2D eigenvalue weighted by Crippen LogP contribution is 2.33. The minimum atomic E-state index is 0.407. The Morgan fingerprint density at radius 2 is 1.72 bits per heavy atom. The number of rotatable bonds is 6. The second-order valence-corrected chi connectivity index (χ2v) is 8.60. The first-order chi connectivity index (χ1) is 15.7. The van der Waals surface area contributed by atoms with Crippen LogP contribution in [0.2, 0.25) is 0 Å². The Morgan fingerprint density at radius 1 is 0.875 bits per heavy atom. The van der Waals surface area contributed by atoms with E-state index >= 15 is 0 Å². The molecule has 0 aliphatic heterocycles. The van der Waals surface area contributed by atoms with E-state index < -0.39 is 0 Å². The lowest BCUT2D eigenvalue weighted by Gasteiger charge is -2.10. The summed E-state index contributed by atoms with van der Waals surface area (Å²) in [6, 6.07) is 28.3. The molecular weight excluding hydrogens is 416 g/mol. The van der Waals surface area contributed by atoms with Gasteiger partial charge >= 0.3 is 0 Å². The van der Waals surface area contributed by atoms with Crippen molar-refractivity contribution in [2.24, 2.45) is 0 Å². The van der Waals surface area contributed by atoms with Crippen LogP contribution in [0.1, 0.15) is 21.7 Å². The van der Waals surface area contributed by atoms with Gasteiger partial charge in [-0.3, -0.25) is 0 Å². The van der Waals surface area contributed by atoms with Gasteiger partial charge < -0.3 is 9.47 Å². The van der Waals surface area contributed by atoms with Gasteiger partial charge in [0.1, 0.15) is 35.7 Å². The van der Waals surface area contributed by atoms with Gasteiger partial charge in [-0.05, 0) is 60.5 Å². The van der Waals surface area contributed by atoms with Crippen LogP contribution in [0.5, 0.6) is 11.5 Å². The number of nitrogens with zero attached hydrogens (tertiary/aromatic N) is 2. The van der Waals surface area contributed by atoms with Crippen LogP contribution in [0.25, 0.3) is 21.0 Å². The topological polar surface area (TPSA) is 55.1 Å². The quantitative estimate of drug-likeness (QED) is 0.294. The van der Waals surface area contributed by atoms with Crippen LogP contribution in [0.4, 0.5) is 0 Å². The fourth-order valence-electron chi connectivity index (χ4n) is 3.63. The summed E-state index contributed by atoms with van der Waals surface area (Å²) in [5.74, 6) is 1.57.